The highest BCUT2D eigenvalue weighted by Crippen LogP contribution is 2.31. The molecule has 0 N–H and O–H groups in total. The molecule has 0 spiro atoms. The zero-order chi connectivity index (χ0) is 16.2. The molecule has 1 heterocycles. The molecular formula is C18H16N2O2S. The van der Waals surface area contributed by atoms with Gasteiger partial charge in [0.25, 0.3) is 0 Å². The van der Waals surface area contributed by atoms with Gasteiger partial charge in [0.2, 0.25) is 0 Å². The number of fused-ring (bicyclic) bond motifs is 1. The van der Waals surface area contributed by atoms with Crippen LogP contribution >= 0.6 is 11.8 Å². The van der Waals surface area contributed by atoms with Crippen LogP contribution in [-0.2, 0) is 5.75 Å². The number of aromatic nitrogens is 2. The summed E-state index contributed by atoms with van der Waals surface area (Å²) in [5.74, 6) is 1.50. The summed E-state index contributed by atoms with van der Waals surface area (Å²) in [5.41, 5.74) is 2.59. The highest BCUT2D eigenvalue weighted by atomic mass is 32.2. The number of para-hydroxylation sites is 1. The van der Waals surface area contributed by atoms with Crippen LogP contribution in [-0.4, -0.2) is 22.9 Å². The number of hydrogen-bond acceptors (Lipinski definition) is 5. The Morgan fingerprint density at radius 3 is 2.78 bits per heavy atom. The molecule has 23 heavy (non-hydrogen) atoms. The van der Waals surface area contributed by atoms with Gasteiger partial charge in [-0.1, -0.05) is 18.2 Å². The summed E-state index contributed by atoms with van der Waals surface area (Å²) in [6, 6.07) is 13.4. The van der Waals surface area contributed by atoms with Crippen molar-refractivity contribution in [3.63, 3.8) is 0 Å². The topological polar surface area (TPSA) is 52.1 Å². The van der Waals surface area contributed by atoms with Crippen molar-refractivity contribution in [2.45, 2.75) is 17.7 Å². The molecule has 5 heteroatoms. The number of carbonyl (C=O) groups excluding carboxylic acids is 1. The lowest BCUT2D eigenvalue weighted by atomic mass is 10.1. The maximum Gasteiger partial charge on any atom is 0.159 e. The number of carbonyl (C=O) groups is 1. The van der Waals surface area contributed by atoms with E-state index in [9.17, 15) is 4.79 Å². The van der Waals surface area contributed by atoms with Crippen molar-refractivity contribution < 1.29 is 9.53 Å². The van der Waals surface area contributed by atoms with Gasteiger partial charge in [0, 0.05) is 22.3 Å². The van der Waals surface area contributed by atoms with Crippen LogP contribution in [0.4, 0.5) is 0 Å². The Kier molecular flexibility index (Phi) is 4.57. The van der Waals surface area contributed by atoms with E-state index in [2.05, 4.69) is 9.97 Å². The SMILES string of the molecule is COc1ccc(C(C)=O)cc1CSc1ncnc2ccccc12. The standard InChI is InChI=1S/C18H16N2O2S/c1-12(21)13-7-8-17(22-2)14(9-13)10-23-18-15-5-3-4-6-16(15)19-11-20-18/h3-9,11H,10H2,1-2H3. The van der Waals surface area contributed by atoms with E-state index in [0.29, 0.717) is 11.3 Å². The molecule has 4 nitrogen and oxygen atoms in total. The lowest BCUT2D eigenvalue weighted by Gasteiger charge is -2.10. The molecule has 0 atom stereocenters. The van der Waals surface area contributed by atoms with Gasteiger partial charge in [0.1, 0.15) is 17.1 Å². The van der Waals surface area contributed by atoms with Crippen LogP contribution in [0.5, 0.6) is 5.75 Å². The number of ether oxygens (including phenoxy) is 1. The van der Waals surface area contributed by atoms with Gasteiger partial charge in [-0.3, -0.25) is 4.79 Å². The van der Waals surface area contributed by atoms with Gasteiger partial charge in [-0.2, -0.15) is 0 Å². The summed E-state index contributed by atoms with van der Waals surface area (Å²) in [7, 11) is 1.64. The fraction of sp³-hybridized carbons (Fsp3) is 0.167. The number of hydrogen-bond donors (Lipinski definition) is 0. The Morgan fingerprint density at radius 2 is 2.00 bits per heavy atom. The Balaban J connectivity index is 1.90. The molecule has 0 bridgehead atoms. The number of nitrogens with zero attached hydrogens (tertiary/aromatic N) is 2. The molecule has 0 fully saturated rings. The Morgan fingerprint density at radius 1 is 1.17 bits per heavy atom. The van der Waals surface area contributed by atoms with E-state index in [-0.39, 0.29) is 5.78 Å². The summed E-state index contributed by atoms with van der Waals surface area (Å²) in [6.45, 7) is 1.57. The van der Waals surface area contributed by atoms with Gasteiger partial charge < -0.3 is 4.74 Å². The van der Waals surface area contributed by atoms with E-state index in [0.717, 1.165) is 27.2 Å². The quantitative estimate of drug-likeness (QED) is 0.401. The number of ketones is 1. The first-order valence-electron chi connectivity index (χ1n) is 7.19. The van der Waals surface area contributed by atoms with Crippen molar-refractivity contribution in [2.75, 3.05) is 7.11 Å². The van der Waals surface area contributed by atoms with Crippen molar-refractivity contribution >= 4 is 28.4 Å². The van der Waals surface area contributed by atoms with Gasteiger partial charge in [0.15, 0.2) is 5.78 Å². The van der Waals surface area contributed by atoms with Gasteiger partial charge >= 0.3 is 0 Å². The van der Waals surface area contributed by atoms with E-state index >= 15 is 0 Å². The summed E-state index contributed by atoms with van der Waals surface area (Å²) in [6.07, 6.45) is 1.58. The normalized spacial score (nSPS) is 10.7. The Labute approximate surface area is 138 Å². The molecule has 0 radical (unpaired) electrons. The highest BCUT2D eigenvalue weighted by Gasteiger charge is 2.10. The van der Waals surface area contributed by atoms with E-state index in [1.54, 1.807) is 38.2 Å². The second-order valence-corrected chi connectivity index (χ2v) is 6.03. The predicted octanol–water partition coefficient (Wildman–Crippen LogP) is 4.13. The van der Waals surface area contributed by atoms with Gasteiger partial charge in [-0.25, -0.2) is 9.97 Å². The summed E-state index contributed by atoms with van der Waals surface area (Å²) in [5, 5.41) is 1.95. The smallest absolute Gasteiger partial charge is 0.159 e. The second kappa shape index (κ2) is 6.79. The molecule has 2 aromatic carbocycles. The van der Waals surface area contributed by atoms with Gasteiger partial charge in [-0.05, 0) is 31.2 Å². The van der Waals surface area contributed by atoms with E-state index in [4.69, 9.17) is 4.74 Å². The monoisotopic (exact) mass is 324 g/mol. The Bertz CT molecular complexity index is 859. The number of Topliss-reactive ketones (excluding diaryl/α,β-unsaturated/α-hetero) is 1. The first-order valence-corrected chi connectivity index (χ1v) is 8.18. The van der Waals surface area contributed by atoms with Crippen molar-refractivity contribution in [3.8, 4) is 5.75 Å². The maximum absolute atomic E-state index is 11.6. The first-order chi connectivity index (χ1) is 11.2. The molecule has 116 valence electrons. The van der Waals surface area contributed by atoms with E-state index in [1.165, 1.54) is 0 Å². The maximum atomic E-state index is 11.6. The van der Waals surface area contributed by atoms with Gasteiger partial charge in [0.05, 0.1) is 12.6 Å². The van der Waals surface area contributed by atoms with Gasteiger partial charge in [-0.15, -0.1) is 11.8 Å². The van der Waals surface area contributed by atoms with Crippen LogP contribution in [0.15, 0.2) is 53.8 Å². The number of thioether (sulfide) groups is 1. The third-order valence-corrected chi connectivity index (χ3v) is 4.61. The molecule has 0 saturated carbocycles. The zero-order valence-corrected chi connectivity index (χ0v) is 13.8. The summed E-state index contributed by atoms with van der Waals surface area (Å²) in [4.78, 5) is 20.2. The molecule has 0 saturated heterocycles. The molecule has 1 aromatic heterocycles. The van der Waals surface area contributed by atoms with Crippen LogP contribution in [0.25, 0.3) is 10.9 Å². The zero-order valence-electron chi connectivity index (χ0n) is 12.9. The summed E-state index contributed by atoms with van der Waals surface area (Å²) < 4.78 is 5.40. The summed E-state index contributed by atoms with van der Waals surface area (Å²) >= 11 is 1.61. The van der Waals surface area contributed by atoms with Crippen molar-refractivity contribution in [3.05, 3.63) is 59.9 Å². The highest BCUT2D eigenvalue weighted by molar-refractivity contribution is 7.98. The number of rotatable bonds is 5. The van der Waals surface area contributed by atoms with E-state index < -0.39 is 0 Å². The Hall–Kier alpha value is -2.40. The minimum absolute atomic E-state index is 0.0476. The van der Waals surface area contributed by atoms with Crippen molar-refractivity contribution in [1.82, 2.24) is 9.97 Å². The van der Waals surface area contributed by atoms with Crippen LogP contribution < -0.4 is 4.74 Å². The van der Waals surface area contributed by atoms with Crippen LogP contribution in [0.2, 0.25) is 0 Å². The molecular weight excluding hydrogens is 308 g/mol. The molecule has 0 aliphatic carbocycles. The van der Waals surface area contributed by atoms with Crippen LogP contribution in [0.1, 0.15) is 22.8 Å². The molecule has 0 unspecified atom stereocenters. The molecule has 0 aliphatic rings. The molecule has 3 aromatic rings. The van der Waals surface area contributed by atoms with Crippen molar-refractivity contribution in [1.29, 1.82) is 0 Å². The minimum atomic E-state index is 0.0476. The number of methoxy groups -OCH3 is 1. The van der Waals surface area contributed by atoms with Crippen LogP contribution in [0.3, 0.4) is 0 Å². The first kappa shape index (κ1) is 15.5. The second-order valence-electron chi connectivity index (χ2n) is 5.07. The van der Waals surface area contributed by atoms with Crippen molar-refractivity contribution in [2.24, 2.45) is 0 Å². The average Bonchev–Trinajstić information content (AvgIpc) is 2.59. The fourth-order valence-electron chi connectivity index (χ4n) is 2.35. The third kappa shape index (κ3) is 3.35. The molecule has 0 aliphatic heterocycles. The third-order valence-electron chi connectivity index (χ3n) is 3.56. The lowest BCUT2D eigenvalue weighted by Crippen LogP contribution is -1.97. The largest absolute Gasteiger partial charge is 0.496 e. The van der Waals surface area contributed by atoms with E-state index in [1.807, 2.05) is 36.4 Å². The molecule has 3 rings (SSSR count). The average molecular weight is 324 g/mol. The van der Waals surface area contributed by atoms with Crippen LogP contribution in [0, 0.1) is 0 Å². The minimum Gasteiger partial charge on any atom is -0.496 e. The number of benzene rings is 2. The lowest BCUT2D eigenvalue weighted by molar-refractivity contribution is 0.101. The molecule has 0 amide bonds. The predicted molar refractivity (Wildman–Crippen MR) is 92.1 cm³/mol. The fourth-order valence-corrected chi connectivity index (χ4v) is 3.32.